The molecule has 2 fully saturated rings. The first-order valence-corrected chi connectivity index (χ1v) is 23.9. The van der Waals surface area contributed by atoms with Gasteiger partial charge in [0, 0.05) is 30.8 Å². The molecule has 1 aromatic heterocycles. The van der Waals surface area contributed by atoms with Crippen molar-refractivity contribution in [2.45, 2.75) is 84.4 Å². The van der Waals surface area contributed by atoms with Crippen molar-refractivity contribution in [3.63, 3.8) is 0 Å². The number of urea groups is 1. The van der Waals surface area contributed by atoms with Gasteiger partial charge in [0.15, 0.2) is 0 Å². The molecular weight excluding hydrogens is 956 g/mol. The van der Waals surface area contributed by atoms with Gasteiger partial charge in [-0.2, -0.15) is 18.4 Å². The molecule has 7 rings (SSSR count). The van der Waals surface area contributed by atoms with Gasteiger partial charge in [-0.1, -0.05) is 51.1 Å². The molecule has 20 heteroatoms. The molecule has 0 aliphatic carbocycles. The van der Waals surface area contributed by atoms with E-state index in [2.05, 4.69) is 15.6 Å². The first kappa shape index (κ1) is 52.5. The van der Waals surface area contributed by atoms with Gasteiger partial charge in [0.2, 0.25) is 11.8 Å². The van der Waals surface area contributed by atoms with Gasteiger partial charge in [-0.25, -0.2) is 14.7 Å². The van der Waals surface area contributed by atoms with E-state index >= 15 is 0 Å². The predicted molar refractivity (Wildman–Crippen MR) is 261 cm³/mol. The van der Waals surface area contributed by atoms with Gasteiger partial charge in [-0.05, 0) is 98.0 Å². The lowest BCUT2D eigenvalue weighted by Crippen LogP contribution is -2.57. The molecule has 2 aliphatic rings. The number of aryl methyl sites for hydroxylation is 1. The van der Waals surface area contributed by atoms with Crippen LogP contribution in [0.2, 0.25) is 0 Å². The molecule has 378 valence electrons. The average Bonchev–Trinajstić information content (AvgIpc) is 4.01. The maximum absolute atomic E-state index is 14.2. The molecule has 0 radical (unpaired) electrons. The Bertz CT molecular complexity index is 2860. The standard InChI is InChI=1S/C52H54F3N7O9S/c1-31-43(72-30-58-31)33-12-10-32(11-13-33)28-57-46(65)42-26-38(63)29-60(42)47(66)44(50(2,3)4)59-45(64)34-8-7-9-40(24-34)71-23-21-69-20-22-70-39-18-16-36(17-19-39)62-49(68)61(48(67)51(62,5)6)37-15-14-35(27-56)41(25-37)52(53,54)55/h7-19,24-25,30,38,42,44,63H,20-23,26,28-29H2,1-6H3,(H,57,65)(H,59,64)/t38-,42+,44-/m1/s1. The zero-order chi connectivity index (χ0) is 52.1. The van der Waals surface area contributed by atoms with Gasteiger partial charge in [0.1, 0.15) is 42.3 Å². The van der Waals surface area contributed by atoms with Crippen molar-refractivity contribution < 1.29 is 56.5 Å². The number of ether oxygens (including phenoxy) is 3. The minimum atomic E-state index is -4.88. The smallest absolute Gasteiger partial charge is 0.417 e. The number of hydrogen-bond donors (Lipinski definition) is 3. The van der Waals surface area contributed by atoms with E-state index in [4.69, 9.17) is 14.2 Å². The van der Waals surface area contributed by atoms with Crippen molar-refractivity contribution in [3.8, 4) is 28.0 Å². The summed E-state index contributed by atoms with van der Waals surface area (Å²) in [7, 11) is 0. The van der Waals surface area contributed by atoms with Gasteiger partial charge in [-0.15, -0.1) is 11.3 Å². The van der Waals surface area contributed by atoms with Crippen LogP contribution in [0.15, 0.2) is 96.5 Å². The molecule has 5 aromatic rings. The van der Waals surface area contributed by atoms with Crippen LogP contribution in [0, 0.1) is 23.7 Å². The predicted octanol–water partition coefficient (Wildman–Crippen LogP) is 7.66. The Morgan fingerprint density at radius 1 is 0.917 bits per heavy atom. The Labute approximate surface area is 418 Å². The van der Waals surface area contributed by atoms with Gasteiger partial charge < -0.3 is 34.9 Å². The molecular formula is C52H54F3N7O9S. The highest BCUT2D eigenvalue weighted by Crippen LogP contribution is 2.40. The van der Waals surface area contributed by atoms with Gasteiger partial charge in [0.25, 0.3) is 11.8 Å². The van der Waals surface area contributed by atoms with Crippen molar-refractivity contribution in [1.82, 2.24) is 20.5 Å². The highest BCUT2D eigenvalue weighted by atomic mass is 32.1. The van der Waals surface area contributed by atoms with Crippen LogP contribution in [-0.2, 0) is 31.8 Å². The SMILES string of the molecule is Cc1ncsc1-c1ccc(CNC(=O)[C@@H]2C[C@@H](O)CN2C(=O)[C@@H](NC(=O)c2cccc(OCCOCCOc3ccc(N4C(=O)N(c5ccc(C#N)c(C(F)(F)F)c5)C(=O)C4(C)C)cc3)c2)C(C)(C)C)cc1. The summed E-state index contributed by atoms with van der Waals surface area (Å²) in [5.41, 5.74) is 0.697. The number of amides is 6. The third-order valence-electron chi connectivity index (χ3n) is 12.2. The lowest BCUT2D eigenvalue weighted by Gasteiger charge is -2.35. The number of carbonyl (C=O) groups is 5. The summed E-state index contributed by atoms with van der Waals surface area (Å²) in [4.78, 5) is 77.0. The first-order valence-electron chi connectivity index (χ1n) is 23.0. The van der Waals surface area contributed by atoms with E-state index in [0.717, 1.165) is 33.8 Å². The second-order valence-corrected chi connectivity index (χ2v) is 19.7. The zero-order valence-corrected chi connectivity index (χ0v) is 41.2. The van der Waals surface area contributed by atoms with Gasteiger partial charge in [-0.3, -0.25) is 24.1 Å². The van der Waals surface area contributed by atoms with Crippen LogP contribution in [0.1, 0.15) is 73.8 Å². The normalized spacial score (nSPS) is 17.2. The number of aliphatic hydroxyl groups is 1. The molecule has 4 aromatic carbocycles. The minimum absolute atomic E-state index is 0.0530. The summed E-state index contributed by atoms with van der Waals surface area (Å²) in [6.07, 6.45) is -5.75. The summed E-state index contributed by atoms with van der Waals surface area (Å²) in [5, 5.41) is 25.6. The van der Waals surface area contributed by atoms with Crippen molar-refractivity contribution in [1.29, 1.82) is 5.26 Å². The number of alkyl halides is 3. The molecule has 2 aliphatic heterocycles. The molecule has 16 nitrogen and oxygen atoms in total. The van der Waals surface area contributed by atoms with Crippen molar-refractivity contribution in [3.05, 3.63) is 124 Å². The number of likely N-dealkylation sites (tertiary alicyclic amines) is 1. The van der Waals surface area contributed by atoms with E-state index in [1.807, 2.05) is 31.2 Å². The molecule has 3 N–H and O–H groups in total. The molecule has 3 atom stereocenters. The number of hydrogen-bond acceptors (Lipinski definition) is 12. The van der Waals surface area contributed by atoms with Crippen LogP contribution >= 0.6 is 11.3 Å². The van der Waals surface area contributed by atoms with Crippen molar-refractivity contribution in [2.75, 3.05) is 42.8 Å². The third kappa shape index (κ3) is 11.7. The summed E-state index contributed by atoms with van der Waals surface area (Å²) < 4.78 is 58.3. The molecule has 72 heavy (non-hydrogen) atoms. The number of nitrogens with zero attached hydrogens (tertiary/aromatic N) is 5. The molecule has 2 saturated heterocycles. The monoisotopic (exact) mass is 1010 g/mol. The largest absolute Gasteiger partial charge is 0.491 e. The Kier molecular flexibility index (Phi) is 15.7. The maximum Gasteiger partial charge on any atom is 0.417 e. The number of benzene rings is 4. The van der Waals surface area contributed by atoms with E-state index < -0.39 is 76.1 Å². The number of anilines is 2. The fourth-order valence-corrected chi connectivity index (χ4v) is 9.22. The Morgan fingerprint density at radius 3 is 2.21 bits per heavy atom. The second-order valence-electron chi connectivity index (χ2n) is 18.8. The number of aromatic nitrogens is 1. The minimum Gasteiger partial charge on any atom is -0.491 e. The molecule has 0 unspecified atom stereocenters. The molecule has 0 saturated carbocycles. The Hall–Kier alpha value is -7.34. The van der Waals surface area contributed by atoms with E-state index in [1.54, 1.807) is 80.1 Å². The fourth-order valence-electron chi connectivity index (χ4n) is 8.41. The molecule has 0 bridgehead atoms. The van der Waals surface area contributed by atoms with E-state index in [9.17, 15) is 47.5 Å². The Morgan fingerprint density at radius 2 is 1.58 bits per heavy atom. The number of nitriles is 1. The number of thiazole rings is 1. The van der Waals surface area contributed by atoms with E-state index in [1.165, 1.54) is 35.8 Å². The fraction of sp³-hybridized carbons (Fsp3) is 0.365. The number of aliphatic hydroxyl groups excluding tert-OH is 1. The van der Waals surface area contributed by atoms with Crippen LogP contribution in [0.5, 0.6) is 11.5 Å². The number of rotatable bonds is 17. The number of nitrogens with one attached hydrogen (secondary N) is 2. The number of halogens is 3. The third-order valence-corrected chi connectivity index (χ3v) is 13.2. The zero-order valence-electron chi connectivity index (χ0n) is 40.4. The molecule has 6 amide bonds. The topological polar surface area (TPSA) is 204 Å². The highest BCUT2D eigenvalue weighted by Gasteiger charge is 2.53. The molecule has 3 heterocycles. The quantitative estimate of drug-likeness (QED) is 0.0610. The van der Waals surface area contributed by atoms with E-state index in [-0.39, 0.29) is 57.2 Å². The lowest BCUT2D eigenvalue weighted by molar-refractivity contribution is -0.142. The average molecular weight is 1010 g/mol. The molecule has 0 spiro atoms. The van der Waals surface area contributed by atoms with Crippen LogP contribution < -0.4 is 29.9 Å². The van der Waals surface area contributed by atoms with Crippen LogP contribution in [0.3, 0.4) is 0 Å². The number of β-amino-alcohol motifs (C(OH)–C–C–N with tert-alkyl or cyclic N) is 1. The van der Waals surface area contributed by atoms with Gasteiger partial charge in [0.05, 0.1) is 58.3 Å². The van der Waals surface area contributed by atoms with Crippen LogP contribution in [0.25, 0.3) is 10.4 Å². The number of carbonyl (C=O) groups excluding carboxylic acids is 5. The lowest BCUT2D eigenvalue weighted by atomic mass is 9.85. The number of imide groups is 1. The van der Waals surface area contributed by atoms with Gasteiger partial charge >= 0.3 is 12.2 Å². The van der Waals surface area contributed by atoms with Crippen molar-refractivity contribution >= 4 is 52.4 Å². The summed E-state index contributed by atoms with van der Waals surface area (Å²) >= 11 is 1.55. The maximum atomic E-state index is 14.2. The highest BCUT2D eigenvalue weighted by molar-refractivity contribution is 7.13. The Balaban J connectivity index is 0.864. The van der Waals surface area contributed by atoms with E-state index in [0.29, 0.717) is 28.2 Å². The van der Waals surface area contributed by atoms with Crippen molar-refractivity contribution in [2.24, 2.45) is 5.41 Å². The summed E-state index contributed by atoms with van der Waals surface area (Å²) in [6.45, 7) is 11.0. The summed E-state index contributed by atoms with van der Waals surface area (Å²) in [6, 6.07) is 21.7. The second kappa shape index (κ2) is 21.6. The first-order chi connectivity index (χ1) is 34.1. The van der Waals surface area contributed by atoms with Crippen LogP contribution in [-0.4, -0.2) is 101 Å². The summed E-state index contributed by atoms with van der Waals surface area (Å²) in [5.74, 6) is -1.40. The van der Waals surface area contributed by atoms with Crippen LogP contribution in [0.4, 0.5) is 29.3 Å².